The number of carbonyl (C=O) groups is 1. The molecule has 130 valence electrons. The van der Waals surface area contributed by atoms with E-state index in [-0.39, 0.29) is 5.57 Å². The Morgan fingerprint density at radius 2 is 1.96 bits per heavy atom. The first-order chi connectivity index (χ1) is 11.6. The van der Waals surface area contributed by atoms with Crippen LogP contribution in [0.2, 0.25) is 0 Å². The topological polar surface area (TPSA) is 83.4 Å². The van der Waals surface area contributed by atoms with Gasteiger partial charge in [0, 0.05) is 26.1 Å². The van der Waals surface area contributed by atoms with Gasteiger partial charge in [0.25, 0.3) is 5.91 Å². The summed E-state index contributed by atoms with van der Waals surface area (Å²) in [6, 6.07) is 9.54. The standard InChI is InChI=1S/C18H25N3O3/c1-4-5-6-14-7-9-16(10-8-14)21-18(22)15(11-19)12-20-13-17(23-2)24-3/h7-10,12,17,20H,4-6,13H2,1-3H3,(H,21,22)/b15-12-. The van der Waals surface area contributed by atoms with Crippen molar-refractivity contribution < 1.29 is 14.3 Å². The van der Waals surface area contributed by atoms with Gasteiger partial charge in [0.05, 0.1) is 6.54 Å². The summed E-state index contributed by atoms with van der Waals surface area (Å²) in [6.45, 7) is 2.48. The van der Waals surface area contributed by atoms with Crippen molar-refractivity contribution in [2.24, 2.45) is 0 Å². The molecule has 6 heteroatoms. The van der Waals surface area contributed by atoms with Gasteiger partial charge in [0.1, 0.15) is 11.6 Å². The molecular formula is C18H25N3O3. The molecule has 0 bridgehead atoms. The van der Waals surface area contributed by atoms with E-state index >= 15 is 0 Å². The van der Waals surface area contributed by atoms with Gasteiger partial charge in [-0.1, -0.05) is 25.5 Å². The van der Waals surface area contributed by atoms with E-state index in [1.54, 1.807) is 0 Å². The molecule has 0 unspecified atom stereocenters. The number of methoxy groups -OCH3 is 2. The molecule has 0 saturated carbocycles. The highest BCUT2D eigenvalue weighted by molar-refractivity contribution is 6.06. The van der Waals surface area contributed by atoms with E-state index in [1.807, 2.05) is 30.3 Å². The SMILES string of the molecule is CCCCc1ccc(NC(=O)/C(C#N)=C\NCC(OC)OC)cc1. The summed E-state index contributed by atoms with van der Waals surface area (Å²) in [4.78, 5) is 12.1. The highest BCUT2D eigenvalue weighted by Crippen LogP contribution is 2.12. The van der Waals surface area contributed by atoms with Crippen LogP contribution in [0.3, 0.4) is 0 Å². The molecule has 2 N–H and O–H groups in total. The van der Waals surface area contributed by atoms with E-state index in [2.05, 4.69) is 17.6 Å². The molecule has 0 spiro atoms. The van der Waals surface area contributed by atoms with Crippen molar-refractivity contribution >= 4 is 11.6 Å². The predicted molar refractivity (Wildman–Crippen MR) is 93.2 cm³/mol. The number of aryl methyl sites for hydroxylation is 1. The van der Waals surface area contributed by atoms with Gasteiger partial charge >= 0.3 is 0 Å². The third kappa shape index (κ3) is 6.82. The largest absolute Gasteiger partial charge is 0.385 e. The zero-order chi connectivity index (χ0) is 17.8. The molecule has 0 saturated heterocycles. The predicted octanol–water partition coefficient (Wildman–Crippen LogP) is 2.58. The van der Waals surface area contributed by atoms with Crippen LogP contribution in [0, 0.1) is 11.3 Å². The summed E-state index contributed by atoms with van der Waals surface area (Å²) in [5.41, 5.74) is 1.88. The Morgan fingerprint density at radius 1 is 1.29 bits per heavy atom. The summed E-state index contributed by atoms with van der Waals surface area (Å²) in [5, 5.41) is 14.7. The second kappa shape index (κ2) is 11.2. The number of anilines is 1. The Labute approximate surface area is 143 Å². The zero-order valence-electron chi connectivity index (χ0n) is 14.5. The number of unbranched alkanes of at least 4 members (excludes halogenated alkanes) is 1. The minimum atomic E-state index is -0.460. The number of rotatable bonds is 10. The molecular weight excluding hydrogens is 306 g/mol. The second-order valence-corrected chi connectivity index (χ2v) is 5.23. The van der Waals surface area contributed by atoms with Crippen LogP contribution < -0.4 is 10.6 Å². The van der Waals surface area contributed by atoms with Gasteiger partial charge in [-0.2, -0.15) is 5.26 Å². The molecule has 0 aliphatic rings. The maximum atomic E-state index is 12.1. The monoisotopic (exact) mass is 331 g/mol. The van der Waals surface area contributed by atoms with Crippen molar-refractivity contribution in [2.75, 3.05) is 26.1 Å². The fourth-order valence-corrected chi connectivity index (χ4v) is 2.00. The smallest absolute Gasteiger partial charge is 0.267 e. The maximum absolute atomic E-state index is 12.1. The number of nitriles is 1. The highest BCUT2D eigenvalue weighted by atomic mass is 16.7. The van der Waals surface area contributed by atoms with E-state index in [1.165, 1.54) is 26.0 Å². The molecule has 1 rings (SSSR count). The van der Waals surface area contributed by atoms with Crippen molar-refractivity contribution in [1.29, 1.82) is 5.26 Å². The number of carbonyl (C=O) groups excluding carboxylic acids is 1. The fourth-order valence-electron chi connectivity index (χ4n) is 2.00. The lowest BCUT2D eigenvalue weighted by Crippen LogP contribution is -2.27. The molecule has 0 aromatic heterocycles. The van der Waals surface area contributed by atoms with Gasteiger partial charge in [0.2, 0.25) is 0 Å². The van der Waals surface area contributed by atoms with Crippen LogP contribution in [-0.4, -0.2) is 33.0 Å². The normalized spacial score (nSPS) is 11.2. The third-order valence-electron chi connectivity index (χ3n) is 3.45. The Hall–Kier alpha value is -2.36. The molecule has 24 heavy (non-hydrogen) atoms. The Morgan fingerprint density at radius 3 is 2.50 bits per heavy atom. The van der Waals surface area contributed by atoms with Crippen LogP contribution in [-0.2, 0) is 20.7 Å². The first kappa shape index (κ1) is 19.7. The number of nitrogens with zero attached hydrogens (tertiary/aromatic N) is 1. The summed E-state index contributed by atoms with van der Waals surface area (Å²) >= 11 is 0. The zero-order valence-corrected chi connectivity index (χ0v) is 14.5. The molecule has 0 aliphatic carbocycles. The quantitative estimate of drug-likeness (QED) is 0.391. The van der Waals surface area contributed by atoms with Gasteiger partial charge in [-0.3, -0.25) is 4.79 Å². The molecule has 0 atom stereocenters. The molecule has 0 fully saturated rings. The Kier molecular flexibility index (Phi) is 9.20. The van der Waals surface area contributed by atoms with E-state index in [0.29, 0.717) is 12.2 Å². The lowest BCUT2D eigenvalue weighted by Gasteiger charge is -2.13. The fraction of sp³-hybridized carbons (Fsp3) is 0.444. The Balaban J connectivity index is 2.59. The molecule has 1 amide bonds. The van der Waals surface area contributed by atoms with Gasteiger partial charge < -0.3 is 20.1 Å². The van der Waals surface area contributed by atoms with E-state index in [0.717, 1.165) is 19.3 Å². The first-order valence-corrected chi connectivity index (χ1v) is 7.94. The van der Waals surface area contributed by atoms with Crippen LogP contribution in [0.4, 0.5) is 5.69 Å². The Bertz CT molecular complexity index is 572. The summed E-state index contributed by atoms with van der Waals surface area (Å²) in [5.74, 6) is -0.460. The number of hydrogen-bond acceptors (Lipinski definition) is 5. The van der Waals surface area contributed by atoms with Crippen LogP contribution in [0.1, 0.15) is 25.3 Å². The van der Waals surface area contributed by atoms with Crippen molar-refractivity contribution in [1.82, 2.24) is 5.32 Å². The minimum Gasteiger partial charge on any atom is -0.385 e. The van der Waals surface area contributed by atoms with Gasteiger partial charge in [-0.25, -0.2) is 0 Å². The highest BCUT2D eigenvalue weighted by Gasteiger charge is 2.10. The number of nitrogens with one attached hydrogen (secondary N) is 2. The molecule has 0 radical (unpaired) electrons. The number of hydrogen-bond donors (Lipinski definition) is 2. The molecule has 6 nitrogen and oxygen atoms in total. The number of amides is 1. The average Bonchev–Trinajstić information content (AvgIpc) is 2.61. The maximum Gasteiger partial charge on any atom is 0.267 e. The molecule has 0 heterocycles. The van der Waals surface area contributed by atoms with Crippen LogP contribution in [0.15, 0.2) is 36.0 Å². The minimum absolute atomic E-state index is 0.0176. The van der Waals surface area contributed by atoms with Crippen molar-refractivity contribution in [2.45, 2.75) is 32.5 Å². The van der Waals surface area contributed by atoms with E-state index in [9.17, 15) is 4.79 Å². The van der Waals surface area contributed by atoms with Crippen molar-refractivity contribution in [3.63, 3.8) is 0 Å². The average molecular weight is 331 g/mol. The van der Waals surface area contributed by atoms with Crippen LogP contribution >= 0.6 is 0 Å². The summed E-state index contributed by atoms with van der Waals surface area (Å²) < 4.78 is 10.0. The van der Waals surface area contributed by atoms with Gasteiger partial charge in [0.15, 0.2) is 6.29 Å². The summed E-state index contributed by atoms with van der Waals surface area (Å²) in [7, 11) is 3.03. The summed E-state index contributed by atoms with van der Waals surface area (Å²) in [6.07, 6.45) is 4.23. The molecule has 1 aromatic carbocycles. The number of benzene rings is 1. The number of ether oxygens (including phenoxy) is 2. The second-order valence-electron chi connectivity index (χ2n) is 5.23. The third-order valence-corrected chi connectivity index (χ3v) is 3.45. The molecule has 0 aliphatic heterocycles. The lowest BCUT2D eigenvalue weighted by molar-refractivity contribution is -0.112. The van der Waals surface area contributed by atoms with E-state index in [4.69, 9.17) is 14.7 Å². The molecule has 1 aromatic rings. The first-order valence-electron chi connectivity index (χ1n) is 7.94. The van der Waals surface area contributed by atoms with Crippen molar-refractivity contribution in [3.8, 4) is 6.07 Å². The van der Waals surface area contributed by atoms with Crippen molar-refractivity contribution in [3.05, 3.63) is 41.6 Å². The lowest BCUT2D eigenvalue weighted by atomic mass is 10.1. The van der Waals surface area contributed by atoms with E-state index < -0.39 is 12.2 Å². The van der Waals surface area contributed by atoms with Gasteiger partial charge in [-0.15, -0.1) is 0 Å². The van der Waals surface area contributed by atoms with Crippen LogP contribution in [0.5, 0.6) is 0 Å². The van der Waals surface area contributed by atoms with Gasteiger partial charge in [-0.05, 0) is 30.5 Å². The van der Waals surface area contributed by atoms with Crippen LogP contribution in [0.25, 0.3) is 0 Å².